The third-order valence-corrected chi connectivity index (χ3v) is 3.71. The van der Waals surface area contributed by atoms with E-state index in [1.54, 1.807) is 12.1 Å². The number of fused-ring (bicyclic) bond motifs is 1. The Morgan fingerprint density at radius 1 is 1.14 bits per heavy atom. The van der Waals surface area contributed by atoms with Crippen molar-refractivity contribution in [2.75, 3.05) is 11.9 Å². The molecule has 112 valence electrons. The molecule has 0 spiro atoms. The lowest BCUT2D eigenvalue weighted by molar-refractivity contribution is 0.102. The number of hydrogen-bond acceptors (Lipinski definition) is 2. The number of aromatic nitrogens is 1. The number of H-pyrrole nitrogens is 1. The molecule has 4 nitrogen and oxygen atoms in total. The smallest absolute Gasteiger partial charge is 0.272 e. The second-order valence-electron chi connectivity index (χ2n) is 5.10. The van der Waals surface area contributed by atoms with E-state index in [0.717, 1.165) is 28.6 Å². The molecule has 5 heteroatoms. The van der Waals surface area contributed by atoms with Crippen LogP contribution in [0, 0.1) is 0 Å². The summed E-state index contributed by atoms with van der Waals surface area (Å²) in [4.78, 5) is 15.4. The molecule has 0 saturated heterocycles. The Morgan fingerprint density at radius 2 is 1.91 bits per heavy atom. The highest BCUT2D eigenvalue weighted by atomic mass is 35.5. The molecule has 0 bridgehead atoms. The zero-order valence-electron chi connectivity index (χ0n) is 11.9. The van der Waals surface area contributed by atoms with Gasteiger partial charge < -0.3 is 16.0 Å². The highest BCUT2D eigenvalue weighted by Crippen LogP contribution is 2.21. The second-order valence-corrected chi connectivity index (χ2v) is 5.54. The van der Waals surface area contributed by atoms with Gasteiger partial charge in [0.2, 0.25) is 0 Å². The van der Waals surface area contributed by atoms with Crippen LogP contribution in [0.5, 0.6) is 0 Å². The van der Waals surface area contributed by atoms with Crippen LogP contribution in [0.2, 0.25) is 5.02 Å². The third-order valence-electron chi connectivity index (χ3n) is 3.47. The van der Waals surface area contributed by atoms with Crippen molar-refractivity contribution >= 4 is 34.1 Å². The fourth-order valence-electron chi connectivity index (χ4n) is 2.35. The van der Waals surface area contributed by atoms with Crippen molar-refractivity contribution in [3.05, 3.63) is 64.8 Å². The molecular formula is C17H16ClN3O. The van der Waals surface area contributed by atoms with E-state index in [4.69, 9.17) is 17.3 Å². The lowest BCUT2D eigenvalue weighted by atomic mass is 10.1. The average Bonchev–Trinajstić information content (AvgIpc) is 2.92. The predicted molar refractivity (Wildman–Crippen MR) is 90.5 cm³/mol. The number of benzene rings is 2. The third kappa shape index (κ3) is 3.13. The summed E-state index contributed by atoms with van der Waals surface area (Å²) in [7, 11) is 0. The Kier molecular flexibility index (Phi) is 4.13. The van der Waals surface area contributed by atoms with Gasteiger partial charge in [0.1, 0.15) is 5.69 Å². The minimum atomic E-state index is -0.182. The molecule has 0 unspecified atom stereocenters. The first-order valence-corrected chi connectivity index (χ1v) is 7.42. The lowest BCUT2D eigenvalue weighted by Gasteiger charge is -2.05. The first-order valence-electron chi connectivity index (χ1n) is 7.04. The topological polar surface area (TPSA) is 70.9 Å². The monoisotopic (exact) mass is 313 g/mol. The molecule has 1 heterocycles. The van der Waals surface area contributed by atoms with Crippen LogP contribution >= 0.6 is 11.6 Å². The van der Waals surface area contributed by atoms with Crippen LogP contribution < -0.4 is 11.1 Å². The largest absolute Gasteiger partial charge is 0.351 e. The molecule has 0 aliphatic rings. The van der Waals surface area contributed by atoms with Gasteiger partial charge in [0.05, 0.1) is 0 Å². The maximum absolute atomic E-state index is 12.3. The molecule has 0 aliphatic carbocycles. The highest BCUT2D eigenvalue weighted by Gasteiger charge is 2.10. The number of carbonyl (C=O) groups is 1. The normalized spacial score (nSPS) is 10.8. The van der Waals surface area contributed by atoms with Gasteiger partial charge in [0, 0.05) is 21.6 Å². The molecule has 2 aromatic carbocycles. The number of anilines is 1. The van der Waals surface area contributed by atoms with Gasteiger partial charge in [-0.25, -0.2) is 0 Å². The summed E-state index contributed by atoms with van der Waals surface area (Å²) in [5.74, 6) is -0.182. The molecule has 0 fully saturated rings. The van der Waals surface area contributed by atoms with Crippen molar-refractivity contribution in [2.24, 2.45) is 5.73 Å². The molecule has 0 aliphatic heterocycles. The predicted octanol–water partition coefficient (Wildman–Crippen LogP) is 3.57. The lowest BCUT2D eigenvalue weighted by Crippen LogP contribution is -2.12. The van der Waals surface area contributed by atoms with Gasteiger partial charge in [0.25, 0.3) is 5.91 Å². The van der Waals surface area contributed by atoms with Gasteiger partial charge in [-0.3, -0.25) is 4.79 Å². The highest BCUT2D eigenvalue weighted by molar-refractivity contribution is 6.31. The van der Waals surface area contributed by atoms with E-state index in [1.165, 1.54) is 0 Å². The minimum Gasteiger partial charge on any atom is -0.351 e. The Labute approximate surface area is 133 Å². The number of hydrogen-bond donors (Lipinski definition) is 3. The Bertz CT molecular complexity index is 808. The standard InChI is InChI=1S/C17H16ClN3O/c18-13-3-6-15-12(9-13)10-16(21-15)17(22)20-14-4-1-11(2-5-14)7-8-19/h1-6,9-10,21H,7-8,19H2,(H,20,22). The number of amides is 1. The van der Waals surface area contributed by atoms with E-state index in [1.807, 2.05) is 36.4 Å². The Balaban J connectivity index is 1.77. The van der Waals surface area contributed by atoms with Crippen LogP contribution in [0.3, 0.4) is 0 Å². The number of aromatic amines is 1. The quantitative estimate of drug-likeness (QED) is 0.689. The molecule has 0 radical (unpaired) electrons. The van der Waals surface area contributed by atoms with E-state index >= 15 is 0 Å². The summed E-state index contributed by atoms with van der Waals surface area (Å²) in [6.45, 7) is 0.614. The molecule has 4 N–H and O–H groups in total. The van der Waals surface area contributed by atoms with Crippen LogP contribution in [0.4, 0.5) is 5.69 Å². The van der Waals surface area contributed by atoms with Crippen LogP contribution in [-0.4, -0.2) is 17.4 Å². The van der Waals surface area contributed by atoms with Crippen molar-refractivity contribution < 1.29 is 4.79 Å². The zero-order chi connectivity index (χ0) is 15.5. The SMILES string of the molecule is NCCc1ccc(NC(=O)c2cc3cc(Cl)ccc3[nH]2)cc1. The van der Waals surface area contributed by atoms with E-state index in [9.17, 15) is 4.79 Å². The first-order chi connectivity index (χ1) is 10.7. The van der Waals surface area contributed by atoms with Gasteiger partial charge in [-0.15, -0.1) is 0 Å². The number of carbonyl (C=O) groups excluding carboxylic acids is 1. The van der Waals surface area contributed by atoms with Crippen molar-refractivity contribution in [3.63, 3.8) is 0 Å². The van der Waals surface area contributed by atoms with Gasteiger partial charge in [-0.05, 0) is 54.9 Å². The van der Waals surface area contributed by atoms with E-state index in [0.29, 0.717) is 17.3 Å². The number of nitrogens with two attached hydrogens (primary N) is 1. The van der Waals surface area contributed by atoms with Crippen molar-refractivity contribution in [1.82, 2.24) is 4.98 Å². The van der Waals surface area contributed by atoms with Gasteiger partial charge in [-0.2, -0.15) is 0 Å². The van der Waals surface area contributed by atoms with Gasteiger partial charge in [-0.1, -0.05) is 23.7 Å². The summed E-state index contributed by atoms with van der Waals surface area (Å²) in [5.41, 5.74) is 8.81. The van der Waals surface area contributed by atoms with Gasteiger partial charge in [0.15, 0.2) is 0 Å². The molecule has 0 atom stereocenters. The Hall–Kier alpha value is -2.30. The molecule has 0 saturated carbocycles. The summed E-state index contributed by atoms with van der Waals surface area (Å²) in [6, 6.07) is 14.9. The molecular weight excluding hydrogens is 298 g/mol. The van der Waals surface area contributed by atoms with Crippen molar-refractivity contribution in [3.8, 4) is 0 Å². The molecule has 22 heavy (non-hydrogen) atoms. The Morgan fingerprint density at radius 3 is 2.64 bits per heavy atom. The maximum Gasteiger partial charge on any atom is 0.272 e. The van der Waals surface area contributed by atoms with Crippen molar-refractivity contribution in [1.29, 1.82) is 0 Å². The minimum absolute atomic E-state index is 0.182. The molecule has 1 amide bonds. The zero-order valence-corrected chi connectivity index (χ0v) is 12.7. The first kappa shape index (κ1) is 14.6. The maximum atomic E-state index is 12.3. The van der Waals surface area contributed by atoms with Crippen LogP contribution in [0.1, 0.15) is 16.1 Å². The summed E-state index contributed by atoms with van der Waals surface area (Å²) in [5, 5.41) is 4.43. The number of nitrogens with one attached hydrogen (secondary N) is 2. The second kappa shape index (κ2) is 6.22. The van der Waals surface area contributed by atoms with E-state index in [-0.39, 0.29) is 5.91 Å². The van der Waals surface area contributed by atoms with Crippen LogP contribution in [0.25, 0.3) is 10.9 Å². The average molecular weight is 314 g/mol. The fourth-order valence-corrected chi connectivity index (χ4v) is 2.53. The van der Waals surface area contributed by atoms with E-state index in [2.05, 4.69) is 10.3 Å². The molecule has 3 aromatic rings. The molecule has 3 rings (SSSR count). The summed E-state index contributed by atoms with van der Waals surface area (Å²) >= 11 is 5.95. The number of halogens is 1. The fraction of sp³-hybridized carbons (Fsp3) is 0.118. The summed E-state index contributed by atoms with van der Waals surface area (Å²) in [6.07, 6.45) is 0.830. The van der Waals surface area contributed by atoms with Gasteiger partial charge >= 0.3 is 0 Å². The van der Waals surface area contributed by atoms with Crippen molar-refractivity contribution in [2.45, 2.75) is 6.42 Å². The molecule has 1 aromatic heterocycles. The number of rotatable bonds is 4. The van der Waals surface area contributed by atoms with E-state index < -0.39 is 0 Å². The van der Waals surface area contributed by atoms with Crippen LogP contribution in [-0.2, 0) is 6.42 Å². The van der Waals surface area contributed by atoms with Crippen LogP contribution in [0.15, 0.2) is 48.5 Å². The summed E-state index contributed by atoms with van der Waals surface area (Å²) < 4.78 is 0.